The second-order valence-electron chi connectivity index (χ2n) is 5.21. The van der Waals surface area contributed by atoms with E-state index in [1.807, 2.05) is 38.1 Å². The predicted molar refractivity (Wildman–Crippen MR) is 83.4 cm³/mol. The highest BCUT2D eigenvalue weighted by Gasteiger charge is 2.22. The van der Waals surface area contributed by atoms with E-state index in [4.69, 9.17) is 16.3 Å². The molecule has 112 valence electrons. The number of carbonyl (C=O) groups excluding carboxylic acids is 1. The minimum absolute atomic E-state index is 0.143. The number of aromatic nitrogens is 2. The van der Waals surface area contributed by atoms with Crippen LogP contribution in [0.15, 0.2) is 24.3 Å². The molecule has 0 radical (unpaired) electrons. The lowest BCUT2D eigenvalue weighted by atomic mass is 10.0. The van der Waals surface area contributed by atoms with E-state index in [0.717, 1.165) is 10.9 Å². The van der Waals surface area contributed by atoms with E-state index in [1.54, 1.807) is 0 Å². The third-order valence-electron chi connectivity index (χ3n) is 3.08. The Morgan fingerprint density at radius 2 is 2.05 bits per heavy atom. The summed E-state index contributed by atoms with van der Waals surface area (Å²) in [7, 11) is 1.38. The van der Waals surface area contributed by atoms with Crippen molar-refractivity contribution in [2.24, 2.45) is 5.92 Å². The Morgan fingerprint density at radius 1 is 1.33 bits per heavy atom. The highest BCUT2D eigenvalue weighted by atomic mass is 35.5. The molecule has 6 heteroatoms. The number of nitrogens with one attached hydrogen (secondary N) is 1. The topological polar surface area (TPSA) is 64.1 Å². The molecule has 0 saturated carbocycles. The van der Waals surface area contributed by atoms with Crippen molar-refractivity contribution in [2.75, 3.05) is 12.4 Å². The number of para-hydroxylation sites is 1. The van der Waals surface area contributed by atoms with E-state index in [9.17, 15) is 4.79 Å². The highest BCUT2D eigenvalue weighted by molar-refractivity contribution is 6.28. The summed E-state index contributed by atoms with van der Waals surface area (Å²) in [6.07, 6.45) is 0.641. The smallest absolute Gasteiger partial charge is 0.328 e. The summed E-state index contributed by atoms with van der Waals surface area (Å²) in [6.45, 7) is 4.09. The van der Waals surface area contributed by atoms with E-state index < -0.39 is 6.04 Å². The van der Waals surface area contributed by atoms with Crippen LogP contribution in [0, 0.1) is 5.92 Å². The average molecular weight is 308 g/mol. The zero-order valence-corrected chi connectivity index (χ0v) is 13.0. The summed E-state index contributed by atoms with van der Waals surface area (Å²) in [5.74, 6) is 0.564. The molecule has 0 saturated heterocycles. The van der Waals surface area contributed by atoms with Crippen LogP contribution >= 0.6 is 11.6 Å². The molecular weight excluding hydrogens is 290 g/mol. The number of methoxy groups -OCH3 is 1. The summed E-state index contributed by atoms with van der Waals surface area (Å²) in [5.41, 5.74) is 0.730. The van der Waals surface area contributed by atoms with Gasteiger partial charge in [0, 0.05) is 5.39 Å². The Hall–Kier alpha value is -1.88. The summed E-state index contributed by atoms with van der Waals surface area (Å²) >= 11 is 5.95. The molecule has 1 heterocycles. The van der Waals surface area contributed by atoms with Crippen LogP contribution in [0.3, 0.4) is 0 Å². The molecule has 21 heavy (non-hydrogen) atoms. The van der Waals surface area contributed by atoms with Crippen LogP contribution in [-0.2, 0) is 9.53 Å². The molecule has 0 aliphatic carbocycles. The highest BCUT2D eigenvalue weighted by Crippen LogP contribution is 2.23. The van der Waals surface area contributed by atoms with Gasteiger partial charge >= 0.3 is 5.97 Å². The monoisotopic (exact) mass is 307 g/mol. The standard InChI is InChI=1S/C15H18ClN3O2/c1-9(2)8-12(14(20)21-3)17-13-10-6-4-5-7-11(10)18-15(16)19-13/h4-7,9,12H,8H2,1-3H3,(H,17,18,19). The van der Waals surface area contributed by atoms with Gasteiger partial charge in [-0.2, -0.15) is 0 Å². The SMILES string of the molecule is COC(=O)C(CC(C)C)Nc1nc(Cl)nc2ccccc12. The quantitative estimate of drug-likeness (QED) is 0.678. The Morgan fingerprint density at radius 3 is 2.71 bits per heavy atom. The molecule has 0 fully saturated rings. The summed E-state index contributed by atoms with van der Waals surface area (Å²) in [6, 6.07) is 7.03. The normalized spacial score (nSPS) is 12.4. The largest absolute Gasteiger partial charge is 0.467 e. The molecule has 2 rings (SSSR count). The number of halogens is 1. The summed E-state index contributed by atoms with van der Waals surface area (Å²) < 4.78 is 4.85. The van der Waals surface area contributed by atoms with Crippen LogP contribution < -0.4 is 5.32 Å². The number of hydrogen-bond donors (Lipinski definition) is 1. The fourth-order valence-electron chi connectivity index (χ4n) is 2.15. The number of nitrogens with zero attached hydrogens (tertiary/aromatic N) is 2. The van der Waals surface area contributed by atoms with Gasteiger partial charge in [0.15, 0.2) is 0 Å². The second-order valence-corrected chi connectivity index (χ2v) is 5.55. The maximum absolute atomic E-state index is 11.9. The maximum Gasteiger partial charge on any atom is 0.328 e. The van der Waals surface area contributed by atoms with E-state index >= 15 is 0 Å². The molecular formula is C15H18ClN3O2. The van der Waals surface area contributed by atoms with Crippen LogP contribution in [0.4, 0.5) is 5.82 Å². The molecule has 0 aliphatic heterocycles. The first-order valence-corrected chi connectivity index (χ1v) is 7.15. The number of anilines is 1. The third kappa shape index (κ3) is 3.82. The minimum atomic E-state index is -0.468. The van der Waals surface area contributed by atoms with E-state index in [1.165, 1.54) is 7.11 Å². The Bertz CT molecular complexity index is 646. The first kappa shape index (κ1) is 15.5. The Labute approximate surface area is 128 Å². The van der Waals surface area contributed by atoms with Crippen molar-refractivity contribution in [3.63, 3.8) is 0 Å². The van der Waals surface area contributed by atoms with Gasteiger partial charge in [-0.3, -0.25) is 0 Å². The number of carbonyl (C=O) groups is 1. The molecule has 0 bridgehead atoms. The van der Waals surface area contributed by atoms with E-state index in [-0.39, 0.29) is 11.3 Å². The fourth-order valence-corrected chi connectivity index (χ4v) is 2.33. The lowest BCUT2D eigenvalue weighted by Gasteiger charge is -2.19. The van der Waals surface area contributed by atoms with Gasteiger partial charge in [0.05, 0.1) is 12.6 Å². The number of hydrogen-bond acceptors (Lipinski definition) is 5. The zero-order chi connectivity index (χ0) is 15.4. The molecule has 5 nitrogen and oxygen atoms in total. The van der Waals surface area contributed by atoms with Crippen molar-refractivity contribution in [3.05, 3.63) is 29.5 Å². The van der Waals surface area contributed by atoms with Gasteiger partial charge in [-0.1, -0.05) is 26.0 Å². The van der Waals surface area contributed by atoms with Gasteiger partial charge in [-0.15, -0.1) is 0 Å². The lowest BCUT2D eigenvalue weighted by Crippen LogP contribution is -2.32. The minimum Gasteiger partial charge on any atom is -0.467 e. The third-order valence-corrected chi connectivity index (χ3v) is 3.25. The van der Waals surface area contributed by atoms with Gasteiger partial charge in [0.2, 0.25) is 5.28 Å². The van der Waals surface area contributed by atoms with Crippen molar-refractivity contribution in [2.45, 2.75) is 26.3 Å². The van der Waals surface area contributed by atoms with Gasteiger partial charge in [-0.05, 0) is 36.1 Å². The van der Waals surface area contributed by atoms with Gasteiger partial charge in [0.1, 0.15) is 11.9 Å². The van der Waals surface area contributed by atoms with Crippen molar-refractivity contribution in [3.8, 4) is 0 Å². The van der Waals surface area contributed by atoms with Crippen LogP contribution in [0.2, 0.25) is 5.28 Å². The number of fused-ring (bicyclic) bond motifs is 1. The molecule has 0 spiro atoms. The molecule has 0 aliphatic rings. The molecule has 1 aromatic carbocycles. The van der Waals surface area contributed by atoms with Crippen LogP contribution in [0.1, 0.15) is 20.3 Å². The molecule has 0 amide bonds. The molecule has 1 unspecified atom stereocenters. The van der Waals surface area contributed by atoms with Gasteiger partial charge < -0.3 is 10.1 Å². The van der Waals surface area contributed by atoms with Crippen LogP contribution in [-0.4, -0.2) is 29.1 Å². The summed E-state index contributed by atoms with van der Waals surface area (Å²) in [5, 5.41) is 4.10. The maximum atomic E-state index is 11.9. The van der Waals surface area contributed by atoms with Crippen LogP contribution in [0.25, 0.3) is 10.9 Å². The van der Waals surface area contributed by atoms with Crippen molar-refractivity contribution in [1.82, 2.24) is 9.97 Å². The van der Waals surface area contributed by atoms with Crippen LogP contribution in [0.5, 0.6) is 0 Å². The van der Waals surface area contributed by atoms with E-state index in [2.05, 4.69) is 15.3 Å². The first-order valence-electron chi connectivity index (χ1n) is 6.78. The fraction of sp³-hybridized carbons (Fsp3) is 0.400. The first-order chi connectivity index (χ1) is 10.0. The molecule has 1 aromatic heterocycles. The van der Waals surface area contributed by atoms with E-state index in [0.29, 0.717) is 18.2 Å². The molecule has 2 aromatic rings. The predicted octanol–water partition coefficient (Wildman–Crippen LogP) is 3.28. The van der Waals surface area contributed by atoms with Gasteiger partial charge in [0.25, 0.3) is 0 Å². The Balaban J connectivity index is 2.38. The number of benzene rings is 1. The average Bonchev–Trinajstić information content (AvgIpc) is 2.45. The number of rotatable bonds is 5. The van der Waals surface area contributed by atoms with Crippen molar-refractivity contribution < 1.29 is 9.53 Å². The lowest BCUT2D eigenvalue weighted by molar-refractivity contribution is -0.141. The van der Waals surface area contributed by atoms with Crippen molar-refractivity contribution in [1.29, 1.82) is 0 Å². The number of ether oxygens (including phenoxy) is 1. The molecule has 1 atom stereocenters. The second kappa shape index (κ2) is 6.72. The van der Waals surface area contributed by atoms with Crippen molar-refractivity contribution >= 4 is 34.3 Å². The zero-order valence-electron chi connectivity index (χ0n) is 12.3. The molecule has 1 N–H and O–H groups in total. The number of esters is 1. The Kier molecular flexibility index (Phi) is 4.96. The summed E-state index contributed by atoms with van der Waals surface area (Å²) in [4.78, 5) is 20.3. The van der Waals surface area contributed by atoms with Gasteiger partial charge in [-0.25, -0.2) is 14.8 Å².